The molecule has 1 N–H and O–H groups in total. The van der Waals surface area contributed by atoms with Crippen LogP contribution in [0.2, 0.25) is 0 Å². The number of hydrogen-bond donors (Lipinski definition) is 1. The van der Waals surface area contributed by atoms with Gasteiger partial charge in [0.15, 0.2) is 17.6 Å². The summed E-state index contributed by atoms with van der Waals surface area (Å²) < 4.78 is 28.0. The van der Waals surface area contributed by atoms with Crippen LogP contribution >= 0.6 is 0 Å². The number of benzene rings is 2. The van der Waals surface area contributed by atoms with E-state index in [4.69, 9.17) is 14.2 Å². The van der Waals surface area contributed by atoms with Gasteiger partial charge in [-0.1, -0.05) is 0 Å². The molecule has 0 unspecified atom stereocenters. The Kier molecular flexibility index (Phi) is 6.48. The van der Waals surface area contributed by atoms with Crippen molar-refractivity contribution in [3.8, 4) is 11.5 Å². The average Bonchev–Trinajstić information content (AvgIpc) is 2.68. The van der Waals surface area contributed by atoms with Gasteiger partial charge in [-0.25, -0.2) is 9.18 Å². The van der Waals surface area contributed by atoms with E-state index in [1.165, 1.54) is 33.3 Å². The minimum absolute atomic E-state index is 0.0628. The Morgan fingerprint density at radius 2 is 1.68 bits per heavy atom. The Hall–Kier alpha value is -3.69. The van der Waals surface area contributed by atoms with Crippen molar-refractivity contribution in [3.63, 3.8) is 0 Å². The van der Waals surface area contributed by atoms with Crippen LogP contribution in [0.25, 0.3) is 0 Å². The predicted octanol–water partition coefficient (Wildman–Crippen LogP) is 2.94. The number of nitrogens with one attached hydrogen (secondary N) is 1. The van der Waals surface area contributed by atoms with Crippen molar-refractivity contribution in [1.82, 2.24) is 0 Å². The van der Waals surface area contributed by atoms with Crippen LogP contribution in [0.5, 0.6) is 11.5 Å². The third kappa shape index (κ3) is 4.72. The van der Waals surface area contributed by atoms with Crippen LogP contribution in [-0.2, 0) is 9.53 Å². The Labute approximate surface area is 159 Å². The monoisotopic (exact) mass is 392 g/mol. The van der Waals surface area contributed by atoms with E-state index < -0.39 is 40.0 Å². The third-order valence-corrected chi connectivity index (χ3v) is 3.68. The van der Waals surface area contributed by atoms with Gasteiger partial charge >= 0.3 is 5.97 Å². The van der Waals surface area contributed by atoms with Crippen LogP contribution in [0.4, 0.5) is 15.8 Å². The number of methoxy groups -OCH3 is 2. The molecule has 28 heavy (non-hydrogen) atoms. The standard InChI is InChI=1S/C18H17FN2O7/c1-10(17(22)20-12-6-4-11(19)5-7-12)28-18(23)13-8-15(26-2)16(27-3)9-14(13)21(24)25/h4-10H,1-3H3,(H,20,22)/t10-/m1/s1. The van der Waals surface area contributed by atoms with Gasteiger partial charge < -0.3 is 19.5 Å². The number of nitrogens with zero attached hydrogens (tertiary/aromatic N) is 1. The van der Waals surface area contributed by atoms with Crippen LogP contribution in [-0.4, -0.2) is 37.1 Å². The summed E-state index contributed by atoms with van der Waals surface area (Å²) in [5.74, 6) is -2.10. The van der Waals surface area contributed by atoms with Crippen LogP contribution in [0.15, 0.2) is 36.4 Å². The van der Waals surface area contributed by atoms with E-state index in [2.05, 4.69) is 5.32 Å². The molecule has 10 heteroatoms. The molecule has 9 nitrogen and oxygen atoms in total. The molecule has 0 saturated heterocycles. The van der Waals surface area contributed by atoms with Gasteiger partial charge in [0.05, 0.1) is 25.2 Å². The highest BCUT2D eigenvalue weighted by molar-refractivity contribution is 5.99. The molecule has 0 heterocycles. The third-order valence-electron chi connectivity index (χ3n) is 3.68. The first-order valence-electron chi connectivity index (χ1n) is 7.94. The molecule has 0 aliphatic carbocycles. The average molecular weight is 392 g/mol. The fourth-order valence-corrected chi connectivity index (χ4v) is 2.24. The number of nitro benzene ring substituents is 1. The summed E-state index contributed by atoms with van der Waals surface area (Å²) in [5.41, 5.74) is -0.663. The molecule has 148 valence electrons. The molecule has 0 spiro atoms. The molecule has 0 bridgehead atoms. The summed E-state index contributed by atoms with van der Waals surface area (Å²) in [4.78, 5) is 35.0. The van der Waals surface area contributed by atoms with Gasteiger partial charge in [-0.15, -0.1) is 0 Å². The summed E-state index contributed by atoms with van der Waals surface area (Å²) in [6, 6.07) is 7.10. The molecule has 0 saturated carbocycles. The summed E-state index contributed by atoms with van der Waals surface area (Å²) in [6.07, 6.45) is -1.27. The van der Waals surface area contributed by atoms with Crippen LogP contribution in [0.3, 0.4) is 0 Å². The van der Waals surface area contributed by atoms with Gasteiger partial charge in [-0.2, -0.15) is 0 Å². The summed E-state index contributed by atoms with van der Waals surface area (Å²) in [6.45, 7) is 1.29. The maximum atomic E-state index is 12.9. The lowest BCUT2D eigenvalue weighted by molar-refractivity contribution is -0.385. The maximum Gasteiger partial charge on any atom is 0.346 e. The van der Waals surface area contributed by atoms with Gasteiger partial charge in [0.1, 0.15) is 11.4 Å². The fraction of sp³-hybridized carbons (Fsp3) is 0.222. The molecular formula is C18H17FN2O7. The quantitative estimate of drug-likeness (QED) is 0.437. The molecule has 2 aromatic carbocycles. The largest absolute Gasteiger partial charge is 0.493 e. The smallest absolute Gasteiger partial charge is 0.346 e. The zero-order valence-corrected chi connectivity index (χ0v) is 15.2. The van der Waals surface area contributed by atoms with E-state index in [0.29, 0.717) is 5.69 Å². The van der Waals surface area contributed by atoms with E-state index in [1.807, 2.05) is 0 Å². The summed E-state index contributed by atoms with van der Waals surface area (Å²) >= 11 is 0. The van der Waals surface area contributed by atoms with Crippen molar-refractivity contribution < 1.29 is 33.1 Å². The van der Waals surface area contributed by atoms with E-state index in [0.717, 1.165) is 24.3 Å². The first-order chi connectivity index (χ1) is 13.3. The van der Waals surface area contributed by atoms with Crippen molar-refractivity contribution in [2.75, 3.05) is 19.5 Å². The topological polar surface area (TPSA) is 117 Å². The highest BCUT2D eigenvalue weighted by Crippen LogP contribution is 2.35. The Morgan fingerprint density at radius 3 is 2.21 bits per heavy atom. The second-order valence-electron chi connectivity index (χ2n) is 5.53. The number of esters is 1. The highest BCUT2D eigenvalue weighted by atomic mass is 19.1. The molecule has 0 aromatic heterocycles. The lowest BCUT2D eigenvalue weighted by Crippen LogP contribution is -2.30. The van der Waals surface area contributed by atoms with Crippen molar-refractivity contribution in [1.29, 1.82) is 0 Å². The zero-order valence-electron chi connectivity index (χ0n) is 15.2. The number of rotatable bonds is 7. The molecule has 2 rings (SSSR count). The SMILES string of the molecule is COc1cc(C(=O)O[C@H](C)C(=O)Nc2ccc(F)cc2)c([N+](=O)[O-])cc1OC. The van der Waals surface area contributed by atoms with Crippen molar-refractivity contribution >= 4 is 23.3 Å². The zero-order chi connectivity index (χ0) is 20.8. The second kappa shape index (κ2) is 8.80. The molecule has 0 aliphatic rings. The number of carbonyl (C=O) groups is 2. The van der Waals surface area contributed by atoms with Gasteiger partial charge in [0.2, 0.25) is 0 Å². The number of nitro groups is 1. The first-order valence-corrected chi connectivity index (χ1v) is 7.94. The Morgan fingerprint density at radius 1 is 1.11 bits per heavy atom. The number of anilines is 1. The Bertz CT molecular complexity index is 900. The molecule has 2 aromatic rings. The molecule has 1 atom stereocenters. The number of amides is 1. The molecule has 0 aliphatic heterocycles. The minimum Gasteiger partial charge on any atom is -0.493 e. The summed E-state index contributed by atoms with van der Waals surface area (Å²) in [7, 11) is 2.60. The van der Waals surface area contributed by atoms with E-state index in [1.54, 1.807) is 0 Å². The number of halogens is 1. The van der Waals surface area contributed by atoms with Gasteiger partial charge in [0.25, 0.3) is 11.6 Å². The lowest BCUT2D eigenvalue weighted by atomic mass is 10.1. The van der Waals surface area contributed by atoms with Crippen LogP contribution in [0, 0.1) is 15.9 Å². The Balaban J connectivity index is 2.19. The van der Waals surface area contributed by atoms with Crippen LogP contribution < -0.4 is 14.8 Å². The van der Waals surface area contributed by atoms with Gasteiger partial charge in [0, 0.05) is 11.8 Å². The molecule has 1 amide bonds. The number of carbonyl (C=O) groups excluding carboxylic acids is 2. The molecule has 0 radical (unpaired) electrons. The summed E-state index contributed by atoms with van der Waals surface area (Å²) in [5, 5.41) is 13.7. The highest BCUT2D eigenvalue weighted by Gasteiger charge is 2.28. The van der Waals surface area contributed by atoms with E-state index >= 15 is 0 Å². The van der Waals surface area contributed by atoms with Crippen LogP contribution in [0.1, 0.15) is 17.3 Å². The molecule has 0 fully saturated rings. The first kappa shape index (κ1) is 20.6. The second-order valence-corrected chi connectivity index (χ2v) is 5.53. The van der Waals surface area contributed by atoms with Crippen molar-refractivity contribution in [2.45, 2.75) is 13.0 Å². The van der Waals surface area contributed by atoms with E-state index in [9.17, 15) is 24.1 Å². The van der Waals surface area contributed by atoms with Gasteiger partial charge in [-0.3, -0.25) is 14.9 Å². The molecular weight excluding hydrogens is 375 g/mol. The maximum absolute atomic E-state index is 12.9. The van der Waals surface area contributed by atoms with Crippen molar-refractivity contribution in [2.24, 2.45) is 0 Å². The number of ether oxygens (including phenoxy) is 3. The number of hydrogen-bond acceptors (Lipinski definition) is 7. The fourth-order valence-electron chi connectivity index (χ4n) is 2.24. The minimum atomic E-state index is -1.27. The predicted molar refractivity (Wildman–Crippen MR) is 96.1 cm³/mol. The van der Waals surface area contributed by atoms with Gasteiger partial charge in [-0.05, 0) is 31.2 Å². The lowest BCUT2D eigenvalue weighted by Gasteiger charge is -2.15. The van der Waals surface area contributed by atoms with E-state index in [-0.39, 0.29) is 11.5 Å². The van der Waals surface area contributed by atoms with Crippen molar-refractivity contribution in [3.05, 3.63) is 57.9 Å². The normalized spacial score (nSPS) is 11.3.